The molecule has 0 bridgehead atoms. The van der Waals surface area contributed by atoms with E-state index in [2.05, 4.69) is 15.3 Å². The maximum atomic E-state index is 11.8. The molecule has 0 aliphatic carbocycles. The first-order valence-corrected chi connectivity index (χ1v) is 5.78. The number of nitrogens with one attached hydrogen (secondary N) is 1. The number of aromatic nitrogens is 3. The lowest BCUT2D eigenvalue weighted by atomic mass is 10.3. The van der Waals surface area contributed by atoms with Gasteiger partial charge in [0.05, 0.1) is 6.54 Å². The summed E-state index contributed by atoms with van der Waals surface area (Å²) in [6, 6.07) is 5.37. The van der Waals surface area contributed by atoms with Crippen LogP contribution in [0.25, 0.3) is 0 Å². The Balaban J connectivity index is 2.33. The van der Waals surface area contributed by atoms with Crippen LogP contribution < -0.4 is 10.9 Å². The maximum absolute atomic E-state index is 11.8. The summed E-state index contributed by atoms with van der Waals surface area (Å²) in [5.41, 5.74) is 1.80. The van der Waals surface area contributed by atoms with E-state index < -0.39 is 0 Å². The number of pyridine rings is 1. The fourth-order valence-electron chi connectivity index (χ4n) is 1.72. The fourth-order valence-corrected chi connectivity index (χ4v) is 1.72. The summed E-state index contributed by atoms with van der Waals surface area (Å²) in [6.45, 7) is 4.19. The molecular formula is C13H16N4O. The van der Waals surface area contributed by atoms with E-state index in [0.29, 0.717) is 12.4 Å². The number of anilines is 1. The van der Waals surface area contributed by atoms with Gasteiger partial charge in [-0.2, -0.15) is 0 Å². The number of nitrogens with zero attached hydrogens (tertiary/aromatic N) is 3. The summed E-state index contributed by atoms with van der Waals surface area (Å²) in [4.78, 5) is 20.4. The lowest BCUT2D eigenvalue weighted by Gasteiger charge is -2.07. The van der Waals surface area contributed by atoms with Gasteiger partial charge in [-0.25, -0.2) is 9.97 Å². The van der Waals surface area contributed by atoms with Gasteiger partial charge in [-0.15, -0.1) is 0 Å². The van der Waals surface area contributed by atoms with Gasteiger partial charge in [0.25, 0.3) is 5.56 Å². The van der Waals surface area contributed by atoms with Gasteiger partial charge < -0.3 is 9.88 Å². The van der Waals surface area contributed by atoms with Crippen LogP contribution in [0.15, 0.2) is 29.2 Å². The average Bonchev–Trinajstić information content (AvgIpc) is 2.32. The van der Waals surface area contributed by atoms with Gasteiger partial charge in [0.15, 0.2) is 5.82 Å². The van der Waals surface area contributed by atoms with Crippen molar-refractivity contribution >= 4 is 5.82 Å². The Labute approximate surface area is 106 Å². The summed E-state index contributed by atoms with van der Waals surface area (Å²) < 4.78 is 1.60. The molecule has 0 fully saturated rings. The van der Waals surface area contributed by atoms with Crippen LogP contribution in [0, 0.1) is 13.8 Å². The number of hydrogen-bond donors (Lipinski definition) is 1. The third kappa shape index (κ3) is 2.74. The van der Waals surface area contributed by atoms with E-state index in [1.807, 2.05) is 33.0 Å². The van der Waals surface area contributed by atoms with Crippen LogP contribution >= 0.6 is 0 Å². The molecule has 0 saturated carbocycles. The minimum atomic E-state index is -0.0360. The molecule has 0 atom stereocenters. The molecule has 2 aromatic heterocycles. The molecule has 5 heteroatoms. The fraction of sp³-hybridized carbons (Fsp3) is 0.308. The van der Waals surface area contributed by atoms with E-state index in [0.717, 1.165) is 17.1 Å². The Morgan fingerprint density at radius 2 is 2.06 bits per heavy atom. The minimum absolute atomic E-state index is 0.0360. The molecule has 2 heterocycles. The standard InChI is InChI=1S/C13H16N4O/c1-9-4-5-17(13(18)6-9)8-12-15-10(2)7-11(14-3)16-12/h4-7H,8H2,1-3H3,(H,14,15,16). The third-order valence-corrected chi connectivity index (χ3v) is 2.62. The summed E-state index contributed by atoms with van der Waals surface area (Å²) in [5.74, 6) is 1.39. The molecule has 2 aromatic rings. The Kier molecular flexibility index (Phi) is 3.41. The zero-order valence-corrected chi connectivity index (χ0v) is 10.8. The Bertz CT molecular complexity index is 619. The van der Waals surface area contributed by atoms with Crippen LogP contribution in [-0.4, -0.2) is 21.6 Å². The molecule has 0 radical (unpaired) electrons. The number of hydrogen-bond acceptors (Lipinski definition) is 4. The third-order valence-electron chi connectivity index (χ3n) is 2.62. The molecule has 2 rings (SSSR count). The predicted molar refractivity (Wildman–Crippen MR) is 70.9 cm³/mol. The van der Waals surface area contributed by atoms with Crippen molar-refractivity contribution in [1.82, 2.24) is 14.5 Å². The van der Waals surface area contributed by atoms with Gasteiger partial charge in [0, 0.05) is 31.1 Å². The van der Waals surface area contributed by atoms with Crippen LogP contribution in [0.2, 0.25) is 0 Å². The Hall–Kier alpha value is -2.17. The molecule has 0 aliphatic heterocycles. The molecular weight excluding hydrogens is 228 g/mol. The van der Waals surface area contributed by atoms with Gasteiger partial charge in [0.2, 0.25) is 0 Å². The van der Waals surface area contributed by atoms with E-state index in [4.69, 9.17) is 0 Å². The first-order valence-electron chi connectivity index (χ1n) is 5.78. The molecule has 0 amide bonds. The van der Waals surface area contributed by atoms with Crippen molar-refractivity contribution in [2.75, 3.05) is 12.4 Å². The molecule has 0 saturated heterocycles. The Morgan fingerprint density at radius 1 is 1.28 bits per heavy atom. The van der Waals surface area contributed by atoms with Crippen LogP contribution in [0.5, 0.6) is 0 Å². The second-order valence-electron chi connectivity index (χ2n) is 4.23. The highest BCUT2D eigenvalue weighted by molar-refractivity contribution is 5.34. The zero-order valence-electron chi connectivity index (χ0n) is 10.8. The first-order chi connectivity index (χ1) is 8.58. The van der Waals surface area contributed by atoms with Gasteiger partial charge in [-0.1, -0.05) is 0 Å². The van der Waals surface area contributed by atoms with Gasteiger partial charge >= 0.3 is 0 Å². The quantitative estimate of drug-likeness (QED) is 0.885. The number of aryl methyl sites for hydroxylation is 2. The highest BCUT2D eigenvalue weighted by Gasteiger charge is 2.03. The smallest absolute Gasteiger partial charge is 0.251 e. The van der Waals surface area contributed by atoms with Crippen molar-refractivity contribution in [3.05, 3.63) is 51.8 Å². The Morgan fingerprint density at radius 3 is 2.72 bits per heavy atom. The van der Waals surface area contributed by atoms with E-state index in [9.17, 15) is 4.79 Å². The van der Waals surface area contributed by atoms with Crippen molar-refractivity contribution in [3.8, 4) is 0 Å². The van der Waals surface area contributed by atoms with Gasteiger partial charge in [0.1, 0.15) is 5.82 Å². The molecule has 18 heavy (non-hydrogen) atoms. The number of rotatable bonds is 3. The summed E-state index contributed by atoms with van der Waals surface area (Å²) >= 11 is 0. The van der Waals surface area contributed by atoms with Crippen LogP contribution in [0.1, 0.15) is 17.1 Å². The summed E-state index contributed by atoms with van der Waals surface area (Å²) in [7, 11) is 1.81. The minimum Gasteiger partial charge on any atom is -0.373 e. The zero-order chi connectivity index (χ0) is 13.1. The van der Waals surface area contributed by atoms with Gasteiger partial charge in [-0.3, -0.25) is 4.79 Å². The summed E-state index contributed by atoms with van der Waals surface area (Å²) in [6.07, 6.45) is 1.77. The molecule has 0 aliphatic rings. The van der Waals surface area contributed by atoms with Gasteiger partial charge in [-0.05, 0) is 25.5 Å². The maximum Gasteiger partial charge on any atom is 0.251 e. The second kappa shape index (κ2) is 5.00. The van der Waals surface area contributed by atoms with Crippen molar-refractivity contribution in [1.29, 1.82) is 0 Å². The monoisotopic (exact) mass is 244 g/mol. The molecule has 0 aromatic carbocycles. The largest absolute Gasteiger partial charge is 0.373 e. The highest BCUT2D eigenvalue weighted by Crippen LogP contribution is 2.06. The van der Waals surface area contributed by atoms with E-state index >= 15 is 0 Å². The highest BCUT2D eigenvalue weighted by atomic mass is 16.1. The second-order valence-corrected chi connectivity index (χ2v) is 4.23. The van der Waals surface area contributed by atoms with E-state index in [1.54, 1.807) is 16.8 Å². The van der Waals surface area contributed by atoms with Crippen LogP contribution in [-0.2, 0) is 6.54 Å². The van der Waals surface area contributed by atoms with Crippen molar-refractivity contribution in [2.45, 2.75) is 20.4 Å². The topological polar surface area (TPSA) is 59.8 Å². The normalized spacial score (nSPS) is 10.4. The molecule has 5 nitrogen and oxygen atoms in total. The predicted octanol–water partition coefficient (Wildman–Crippen LogP) is 1.35. The molecule has 94 valence electrons. The average molecular weight is 244 g/mol. The molecule has 0 unspecified atom stereocenters. The molecule has 0 spiro atoms. The van der Waals surface area contributed by atoms with Crippen molar-refractivity contribution in [2.24, 2.45) is 0 Å². The van der Waals surface area contributed by atoms with Crippen molar-refractivity contribution < 1.29 is 0 Å². The van der Waals surface area contributed by atoms with Crippen LogP contribution in [0.4, 0.5) is 5.82 Å². The lowest BCUT2D eigenvalue weighted by molar-refractivity contribution is 0.710. The van der Waals surface area contributed by atoms with E-state index in [-0.39, 0.29) is 5.56 Å². The van der Waals surface area contributed by atoms with E-state index in [1.165, 1.54) is 0 Å². The van der Waals surface area contributed by atoms with Crippen molar-refractivity contribution in [3.63, 3.8) is 0 Å². The lowest BCUT2D eigenvalue weighted by Crippen LogP contribution is -2.20. The SMILES string of the molecule is CNc1cc(C)nc(Cn2ccc(C)cc2=O)n1. The molecule has 1 N–H and O–H groups in total. The first kappa shape index (κ1) is 12.3. The summed E-state index contributed by atoms with van der Waals surface area (Å²) in [5, 5.41) is 2.98. The van der Waals surface area contributed by atoms with Crippen LogP contribution in [0.3, 0.4) is 0 Å².